The van der Waals surface area contributed by atoms with E-state index in [0.29, 0.717) is 90.8 Å². The van der Waals surface area contributed by atoms with Gasteiger partial charge in [0.05, 0.1) is 88.2 Å². The van der Waals surface area contributed by atoms with Gasteiger partial charge < -0.3 is 33.2 Å². The number of halogens is 9. The monoisotopic (exact) mass is 1460 g/mol. The molecule has 0 aliphatic carbocycles. The van der Waals surface area contributed by atoms with Crippen LogP contribution in [0.2, 0.25) is 0 Å². The minimum atomic E-state index is -4.56. The largest absolute Gasteiger partial charge is 0.419 e. The maximum Gasteiger partial charge on any atom is 0.419 e. The van der Waals surface area contributed by atoms with E-state index in [1.807, 2.05) is 32.6 Å². The number of rotatable bonds is 24. The van der Waals surface area contributed by atoms with Crippen molar-refractivity contribution in [2.45, 2.75) is 171 Å². The van der Waals surface area contributed by atoms with Gasteiger partial charge in [0.1, 0.15) is 17.5 Å². The molecule has 9 N–H and O–H groups in total. The molecule has 0 radical (unpaired) electrons. The van der Waals surface area contributed by atoms with Crippen LogP contribution in [0.5, 0.6) is 0 Å². The smallest absolute Gasteiger partial charge is 0.369 e. The normalized spacial score (nSPS) is 15.8. The highest BCUT2D eigenvalue weighted by Crippen LogP contribution is 2.36. The number of primary amides is 3. The SMILES string of the molecule is CC(C(N)=O)c1ccccc1CCc1nc(Cc2cnn(C3CCNCC3)c2)ncc1C(F)(F)F.C[C@@H](C(N)=O)c1ccccc1CCc1nc(Cc2cnn(C3CCNCC3)c2)ncc1C(F)(F)F.C[C@H](C(N)=O)c1ccccc1CCc1nc(Cc2cnn(C3CCNCC3)c2)ncc1C(F)(F)F. The molecule has 30 heteroatoms. The molecule has 9 heterocycles. The molecule has 3 aromatic carbocycles. The number of carbonyl (C=O) groups is 3. The first-order chi connectivity index (χ1) is 50.2. The van der Waals surface area contributed by atoms with Gasteiger partial charge in [-0.1, -0.05) is 72.8 Å². The van der Waals surface area contributed by atoms with E-state index in [-0.39, 0.29) is 36.3 Å². The Hall–Kier alpha value is -9.81. The van der Waals surface area contributed by atoms with Gasteiger partial charge >= 0.3 is 18.5 Å². The summed E-state index contributed by atoms with van der Waals surface area (Å²) in [4.78, 5) is 60.0. The van der Waals surface area contributed by atoms with E-state index in [4.69, 9.17) is 17.2 Å². The number of hydrogen-bond acceptors (Lipinski definition) is 15. The number of alkyl halides is 9. The Morgan fingerprint density at radius 1 is 0.400 bits per heavy atom. The number of benzene rings is 3. The quantitative estimate of drug-likeness (QED) is 0.0307. The van der Waals surface area contributed by atoms with Crippen LogP contribution in [-0.4, -0.2) is 116 Å². The lowest BCUT2D eigenvalue weighted by atomic mass is 9.92. The van der Waals surface area contributed by atoms with Crippen molar-refractivity contribution in [2.24, 2.45) is 17.2 Å². The zero-order valence-electron chi connectivity index (χ0n) is 58.7. The average Bonchev–Trinajstić information content (AvgIpc) is 1.07. The summed E-state index contributed by atoms with van der Waals surface area (Å²) in [7, 11) is 0. The highest BCUT2D eigenvalue weighted by Gasteiger charge is 2.38. The van der Waals surface area contributed by atoms with Crippen LogP contribution in [0.15, 0.2) is 129 Å². The second kappa shape index (κ2) is 35.3. The summed E-state index contributed by atoms with van der Waals surface area (Å²) in [6.45, 7) is 10.7. The summed E-state index contributed by atoms with van der Waals surface area (Å²) < 4.78 is 129. The van der Waals surface area contributed by atoms with Crippen molar-refractivity contribution < 1.29 is 53.9 Å². The van der Waals surface area contributed by atoms with E-state index >= 15 is 0 Å². The predicted molar refractivity (Wildman–Crippen MR) is 374 cm³/mol. The second-order valence-electron chi connectivity index (χ2n) is 26.9. The maximum atomic E-state index is 13.7. The van der Waals surface area contributed by atoms with Crippen LogP contribution in [0, 0.1) is 0 Å². The number of amides is 3. The van der Waals surface area contributed by atoms with Crippen molar-refractivity contribution in [3.63, 3.8) is 0 Å². The fourth-order valence-corrected chi connectivity index (χ4v) is 13.5. The van der Waals surface area contributed by atoms with Crippen LogP contribution in [0.1, 0.15) is 196 Å². The molecule has 0 saturated carbocycles. The number of aryl methyl sites for hydroxylation is 6. The van der Waals surface area contributed by atoms with Gasteiger partial charge in [0.15, 0.2) is 0 Å². The molecule has 21 nitrogen and oxygen atoms in total. The molecule has 3 amide bonds. The molecule has 0 spiro atoms. The van der Waals surface area contributed by atoms with Gasteiger partial charge in [-0.05, 0) is 187 Å². The molecular formula is C75H87F9N18O3. The Morgan fingerprint density at radius 2 is 0.648 bits per heavy atom. The Bertz CT molecular complexity index is 3950. The van der Waals surface area contributed by atoms with Crippen LogP contribution in [0.4, 0.5) is 39.5 Å². The van der Waals surface area contributed by atoms with Crippen LogP contribution < -0.4 is 33.2 Å². The molecule has 0 bridgehead atoms. The third kappa shape index (κ3) is 21.2. The number of nitrogens with zero attached hydrogens (tertiary/aromatic N) is 12. The minimum Gasteiger partial charge on any atom is -0.369 e. The van der Waals surface area contributed by atoms with Crippen molar-refractivity contribution in [1.82, 2.24) is 75.2 Å². The van der Waals surface area contributed by atoms with Gasteiger partial charge in [0.2, 0.25) is 17.7 Å². The first-order valence-electron chi connectivity index (χ1n) is 35.2. The van der Waals surface area contributed by atoms with Crippen LogP contribution in [0.3, 0.4) is 0 Å². The van der Waals surface area contributed by atoms with Crippen molar-refractivity contribution in [3.05, 3.63) is 230 Å². The standard InChI is InChI=1S/3C25H29F3N6O/c3*1-16(24(29)35)20-5-3-2-4-18(20)6-7-22-21(25(26,27)28)14-31-23(33-22)12-17-13-32-34(15-17)19-8-10-30-11-9-19/h3*2-5,13-16,19,30H,6-12H2,1H3,(H2,29,35)/t2*16-;/m10./s1. The number of aromatic nitrogens is 12. The molecule has 558 valence electrons. The molecule has 3 aliphatic rings. The average molecular weight is 1460 g/mol. The van der Waals surface area contributed by atoms with E-state index in [2.05, 4.69) is 61.2 Å². The first kappa shape index (κ1) is 77.8. The molecule has 3 fully saturated rings. The fourth-order valence-electron chi connectivity index (χ4n) is 13.5. The van der Waals surface area contributed by atoms with Crippen molar-refractivity contribution >= 4 is 17.7 Å². The van der Waals surface area contributed by atoms with Crippen molar-refractivity contribution in [2.75, 3.05) is 39.3 Å². The third-order valence-electron chi connectivity index (χ3n) is 19.5. The third-order valence-corrected chi connectivity index (χ3v) is 19.5. The van der Waals surface area contributed by atoms with E-state index < -0.39 is 70.7 Å². The predicted octanol–water partition coefficient (Wildman–Crippen LogP) is 10.7. The summed E-state index contributed by atoms with van der Waals surface area (Å²) in [6, 6.07) is 22.4. The van der Waals surface area contributed by atoms with Gasteiger partial charge in [-0.25, -0.2) is 29.9 Å². The lowest BCUT2D eigenvalue weighted by Crippen LogP contribution is -2.29. The van der Waals surface area contributed by atoms with Crippen molar-refractivity contribution in [1.29, 1.82) is 0 Å². The van der Waals surface area contributed by atoms with E-state index in [1.165, 1.54) is 0 Å². The summed E-state index contributed by atoms with van der Waals surface area (Å²) in [5, 5.41) is 23.3. The number of nitrogens with two attached hydrogens (primary N) is 3. The van der Waals surface area contributed by atoms with E-state index in [9.17, 15) is 53.9 Å². The first-order valence-corrected chi connectivity index (χ1v) is 35.2. The number of hydrogen-bond donors (Lipinski definition) is 6. The zero-order chi connectivity index (χ0) is 75.0. The van der Waals surface area contributed by atoms with E-state index in [0.717, 1.165) is 130 Å². The van der Waals surface area contributed by atoms with E-state index in [1.54, 1.807) is 112 Å². The topological polar surface area (TPSA) is 296 Å². The number of nitrogens with one attached hydrogen (secondary N) is 3. The molecule has 9 aromatic rings. The molecule has 12 rings (SSSR count). The summed E-state index contributed by atoms with van der Waals surface area (Å²) in [5.41, 5.74) is 20.7. The highest BCUT2D eigenvalue weighted by molar-refractivity contribution is 5.83. The Morgan fingerprint density at radius 3 is 0.886 bits per heavy atom. The van der Waals surface area contributed by atoms with Crippen LogP contribution >= 0.6 is 0 Å². The number of piperidine rings is 3. The van der Waals surface area contributed by atoms with Gasteiger partial charge in [-0.2, -0.15) is 54.8 Å². The molecule has 3 atom stereocenters. The van der Waals surface area contributed by atoms with Gasteiger partial charge in [-0.3, -0.25) is 28.4 Å². The Kier molecular flexibility index (Phi) is 26.2. The number of carbonyl (C=O) groups excluding carboxylic acids is 3. The van der Waals surface area contributed by atoms with Gasteiger partial charge in [-0.15, -0.1) is 0 Å². The van der Waals surface area contributed by atoms with Gasteiger partial charge in [0.25, 0.3) is 0 Å². The molecule has 105 heavy (non-hydrogen) atoms. The molecular weight excluding hydrogens is 1370 g/mol. The molecule has 1 unspecified atom stereocenters. The maximum absolute atomic E-state index is 13.7. The van der Waals surface area contributed by atoms with Crippen LogP contribution in [-0.2, 0) is 90.7 Å². The van der Waals surface area contributed by atoms with Crippen LogP contribution in [0.25, 0.3) is 0 Å². The highest BCUT2D eigenvalue weighted by atomic mass is 19.4. The lowest BCUT2D eigenvalue weighted by Gasteiger charge is -2.22. The lowest BCUT2D eigenvalue weighted by molar-refractivity contribution is -0.139. The summed E-state index contributed by atoms with van der Waals surface area (Å²) in [6.07, 6.45) is 7.73. The molecule has 6 aromatic heterocycles. The molecule has 3 aliphatic heterocycles. The minimum absolute atomic E-state index is 0.0567. The molecule has 3 saturated heterocycles. The van der Waals surface area contributed by atoms with Gasteiger partial charge in [0, 0.05) is 56.4 Å². The zero-order valence-corrected chi connectivity index (χ0v) is 58.7. The Labute approximate surface area is 602 Å². The summed E-state index contributed by atoms with van der Waals surface area (Å²) >= 11 is 0. The fraction of sp³-hybridized carbons (Fsp3) is 0.440. The van der Waals surface area contributed by atoms with Crippen molar-refractivity contribution in [3.8, 4) is 0 Å². The summed E-state index contributed by atoms with van der Waals surface area (Å²) in [5.74, 6) is -2.11. The second-order valence-corrected chi connectivity index (χ2v) is 26.9. The Balaban J connectivity index is 0.000000169.